The summed E-state index contributed by atoms with van der Waals surface area (Å²) in [5.74, 6) is -1.93. The smallest absolute Gasteiger partial charge is 0.241 e. The Morgan fingerprint density at radius 2 is 1.71 bits per heavy atom. The molecule has 3 aromatic carbocycles. The molecule has 1 fully saturated rings. The molecule has 0 aromatic heterocycles. The minimum absolute atomic E-state index is 0.00470. The highest BCUT2D eigenvalue weighted by molar-refractivity contribution is 7.89. The Morgan fingerprint density at radius 3 is 2.36 bits per heavy atom. The molecule has 0 bridgehead atoms. The standard InChI is InChI=1S/C30H34ClF2N3O5S/c31-21-6-4-19(5-7-21)28(20-14-16-41-17-15-20)29(34)30(38)35-27-3-1-2-26(33)25(27)13-10-23(18-37)36-42(39,40)24-11-8-22(32)9-12-24/h1-9,11-12,20,23,28-29,36-37H,10,13-18,34H2,(H,35,38)/t23-,28?,29-/m0/s1. The van der Waals surface area contributed by atoms with Crippen molar-refractivity contribution in [3.05, 3.63) is 94.5 Å². The first kappa shape index (κ1) is 32.0. The SMILES string of the molecule is N[C@H](C(=O)Nc1cccc(F)c1CC[C@@H](CO)NS(=O)(=O)c1ccc(F)cc1)C(c1ccc(Cl)cc1)C1CCOCC1. The van der Waals surface area contributed by atoms with Gasteiger partial charge in [-0.1, -0.05) is 29.8 Å². The fourth-order valence-corrected chi connectivity index (χ4v) is 6.64. The van der Waals surface area contributed by atoms with Crippen LogP contribution in [0, 0.1) is 17.6 Å². The molecule has 3 aromatic rings. The molecule has 3 atom stereocenters. The minimum atomic E-state index is -4.07. The largest absolute Gasteiger partial charge is 0.395 e. The van der Waals surface area contributed by atoms with Crippen LogP contribution in [0.3, 0.4) is 0 Å². The van der Waals surface area contributed by atoms with Gasteiger partial charge in [-0.05, 0) is 85.7 Å². The number of rotatable bonds is 12. The third-order valence-electron chi connectivity index (χ3n) is 7.50. The molecular formula is C30H34ClF2N3O5S. The van der Waals surface area contributed by atoms with Gasteiger partial charge in [-0.2, -0.15) is 0 Å². The number of sulfonamides is 1. The molecule has 42 heavy (non-hydrogen) atoms. The van der Waals surface area contributed by atoms with Gasteiger partial charge in [0.1, 0.15) is 11.6 Å². The van der Waals surface area contributed by atoms with Crippen LogP contribution in [0.4, 0.5) is 14.5 Å². The molecule has 1 aliphatic heterocycles. The molecule has 12 heteroatoms. The first-order valence-corrected chi connectivity index (χ1v) is 15.5. The Hall–Kier alpha value is -2.93. The highest BCUT2D eigenvalue weighted by Gasteiger charge is 2.34. The quantitative estimate of drug-likeness (QED) is 0.238. The first-order chi connectivity index (χ1) is 20.1. The van der Waals surface area contributed by atoms with Crippen molar-refractivity contribution in [2.24, 2.45) is 11.7 Å². The summed E-state index contributed by atoms with van der Waals surface area (Å²) in [4.78, 5) is 13.3. The third-order valence-corrected chi connectivity index (χ3v) is 9.29. The Morgan fingerprint density at radius 1 is 1.05 bits per heavy atom. The summed E-state index contributed by atoms with van der Waals surface area (Å²) >= 11 is 6.09. The predicted molar refractivity (Wildman–Crippen MR) is 157 cm³/mol. The van der Waals surface area contributed by atoms with Crippen molar-refractivity contribution in [1.29, 1.82) is 0 Å². The van der Waals surface area contributed by atoms with Gasteiger partial charge in [0.05, 0.1) is 17.5 Å². The lowest BCUT2D eigenvalue weighted by Gasteiger charge is -2.34. The van der Waals surface area contributed by atoms with E-state index in [0.29, 0.717) is 18.2 Å². The van der Waals surface area contributed by atoms with Gasteiger partial charge in [-0.3, -0.25) is 4.79 Å². The second-order valence-corrected chi connectivity index (χ2v) is 12.5. The van der Waals surface area contributed by atoms with Gasteiger partial charge in [0.25, 0.3) is 0 Å². The number of ether oxygens (including phenoxy) is 1. The number of nitrogens with one attached hydrogen (secondary N) is 2. The van der Waals surface area contributed by atoms with Crippen molar-refractivity contribution < 1.29 is 31.8 Å². The van der Waals surface area contributed by atoms with E-state index < -0.39 is 46.3 Å². The number of hydrogen-bond donors (Lipinski definition) is 4. The molecule has 226 valence electrons. The van der Waals surface area contributed by atoms with Crippen molar-refractivity contribution in [3.8, 4) is 0 Å². The van der Waals surface area contributed by atoms with Crippen molar-refractivity contribution >= 4 is 33.2 Å². The first-order valence-electron chi connectivity index (χ1n) is 13.6. The molecule has 1 aliphatic rings. The molecule has 4 rings (SSSR count). The zero-order valence-electron chi connectivity index (χ0n) is 22.8. The van der Waals surface area contributed by atoms with Crippen molar-refractivity contribution in [1.82, 2.24) is 4.72 Å². The lowest BCUT2D eigenvalue weighted by Crippen LogP contribution is -2.44. The maximum absolute atomic E-state index is 15.0. The summed E-state index contributed by atoms with van der Waals surface area (Å²) in [7, 11) is -4.07. The van der Waals surface area contributed by atoms with Gasteiger partial charge in [-0.15, -0.1) is 0 Å². The summed E-state index contributed by atoms with van der Waals surface area (Å²) < 4.78 is 61.5. The molecule has 1 heterocycles. The van der Waals surface area contributed by atoms with E-state index in [4.69, 9.17) is 22.1 Å². The number of hydrogen-bond acceptors (Lipinski definition) is 6. The normalized spacial score (nSPS) is 16.5. The monoisotopic (exact) mass is 621 g/mol. The average molecular weight is 622 g/mol. The number of aliphatic hydroxyl groups excluding tert-OH is 1. The number of carbonyl (C=O) groups is 1. The van der Waals surface area contributed by atoms with E-state index in [2.05, 4.69) is 10.0 Å². The third kappa shape index (κ3) is 8.12. The zero-order valence-corrected chi connectivity index (χ0v) is 24.4. The van der Waals surface area contributed by atoms with Crippen LogP contribution in [0.15, 0.2) is 71.6 Å². The molecule has 1 unspecified atom stereocenters. The van der Waals surface area contributed by atoms with Crippen molar-refractivity contribution in [2.75, 3.05) is 25.1 Å². The van der Waals surface area contributed by atoms with Gasteiger partial charge in [-0.25, -0.2) is 21.9 Å². The van der Waals surface area contributed by atoms with E-state index in [1.165, 1.54) is 12.1 Å². The van der Waals surface area contributed by atoms with Crippen LogP contribution in [-0.2, 0) is 26.0 Å². The van der Waals surface area contributed by atoms with Gasteiger partial charge >= 0.3 is 0 Å². The lowest BCUT2D eigenvalue weighted by atomic mass is 9.76. The summed E-state index contributed by atoms with van der Waals surface area (Å²) in [6.45, 7) is 0.567. The van der Waals surface area contributed by atoms with Crippen LogP contribution >= 0.6 is 11.6 Å². The average Bonchev–Trinajstić information content (AvgIpc) is 2.98. The highest BCUT2D eigenvalue weighted by atomic mass is 35.5. The number of nitrogens with two attached hydrogens (primary N) is 1. The molecule has 0 saturated carbocycles. The second-order valence-electron chi connectivity index (χ2n) is 10.3. The number of halogens is 3. The van der Waals surface area contributed by atoms with Gasteiger partial charge < -0.3 is 20.9 Å². The highest BCUT2D eigenvalue weighted by Crippen LogP contribution is 2.35. The number of amides is 1. The Labute approximate surface area is 249 Å². The lowest BCUT2D eigenvalue weighted by molar-refractivity contribution is -0.118. The van der Waals surface area contributed by atoms with Crippen LogP contribution in [0.5, 0.6) is 0 Å². The molecule has 8 nitrogen and oxygen atoms in total. The van der Waals surface area contributed by atoms with Gasteiger partial charge in [0.15, 0.2) is 0 Å². The zero-order chi connectivity index (χ0) is 30.3. The maximum Gasteiger partial charge on any atom is 0.241 e. The van der Waals surface area contributed by atoms with Crippen LogP contribution < -0.4 is 15.8 Å². The van der Waals surface area contributed by atoms with Crippen LogP contribution in [-0.4, -0.2) is 51.3 Å². The van der Waals surface area contributed by atoms with Crippen LogP contribution in [0.1, 0.15) is 36.3 Å². The van der Waals surface area contributed by atoms with Crippen molar-refractivity contribution in [3.63, 3.8) is 0 Å². The number of anilines is 1. The van der Waals surface area contributed by atoms with E-state index in [1.807, 2.05) is 12.1 Å². The topological polar surface area (TPSA) is 131 Å². The Kier molecular flexibility index (Phi) is 11.0. The van der Waals surface area contributed by atoms with E-state index in [0.717, 1.165) is 42.7 Å². The minimum Gasteiger partial charge on any atom is -0.395 e. The molecule has 5 N–H and O–H groups in total. The molecule has 1 amide bonds. The Balaban J connectivity index is 1.49. The van der Waals surface area contributed by atoms with E-state index >= 15 is 4.39 Å². The molecule has 1 saturated heterocycles. The Bertz CT molecular complexity index is 1450. The van der Waals surface area contributed by atoms with E-state index in [1.54, 1.807) is 18.2 Å². The number of aliphatic hydroxyl groups is 1. The fourth-order valence-electron chi connectivity index (χ4n) is 5.25. The summed E-state index contributed by atoms with van der Waals surface area (Å²) in [6.07, 6.45) is 1.48. The second kappa shape index (κ2) is 14.5. The van der Waals surface area contributed by atoms with Gasteiger partial charge in [0.2, 0.25) is 15.9 Å². The van der Waals surface area contributed by atoms with Crippen molar-refractivity contribution in [2.45, 2.75) is 48.6 Å². The molecule has 0 radical (unpaired) electrons. The predicted octanol–water partition coefficient (Wildman–Crippen LogP) is 4.37. The molecule has 0 spiro atoms. The van der Waals surface area contributed by atoms with Crippen LogP contribution in [0.25, 0.3) is 0 Å². The fraction of sp³-hybridized carbons (Fsp3) is 0.367. The summed E-state index contributed by atoms with van der Waals surface area (Å²) in [6, 6.07) is 13.8. The summed E-state index contributed by atoms with van der Waals surface area (Å²) in [5, 5.41) is 13.2. The van der Waals surface area contributed by atoms with E-state index in [-0.39, 0.29) is 40.8 Å². The van der Waals surface area contributed by atoms with Gasteiger partial charge in [0, 0.05) is 41.4 Å². The maximum atomic E-state index is 15.0. The molecule has 0 aliphatic carbocycles. The van der Waals surface area contributed by atoms with E-state index in [9.17, 15) is 22.7 Å². The number of benzene rings is 3. The molecular weight excluding hydrogens is 588 g/mol. The summed E-state index contributed by atoms with van der Waals surface area (Å²) in [5.41, 5.74) is 7.78. The van der Waals surface area contributed by atoms with Crippen LogP contribution in [0.2, 0.25) is 5.02 Å². The number of carbonyl (C=O) groups excluding carboxylic acids is 1.